The molecule has 80 valence electrons. The van der Waals surface area contributed by atoms with Crippen molar-refractivity contribution in [2.45, 2.75) is 32.6 Å². The highest BCUT2D eigenvalue weighted by atomic mass is 35.5. The number of esters is 1. The van der Waals surface area contributed by atoms with Crippen molar-refractivity contribution in [1.29, 1.82) is 0 Å². The molecule has 0 aromatic carbocycles. The van der Waals surface area contributed by atoms with Crippen LogP contribution in [-0.4, -0.2) is 26.2 Å². The zero-order valence-corrected chi connectivity index (χ0v) is 9.28. The number of unbranched alkanes of at least 4 members (excludes halogenated alkanes) is 2. The molecule has 0 rings (SSSR count). The van der Waals surface area contributed by atoms with Gasteiger partial charge in [0.25, 0.3) is 0 Å². The molecule has 0 unspecified atom stereocenters. The highest BCUT2D eigenvalue weighted by Crippen LogP contribution is 2.00. The van der Waals surface area contributed by atoms with Crippen molar-refractivity contribution in [2.75, 3.05) is 20.2 Å². The maximum atomic E-state index is 10.8. The average Bonchev–Trinajstić information content (AvgIpc) is 2.05. The zero-order valence-electron chi connectivity index (χ0n) is 8.47. The van der Waals surface area contributed by atoms with Crippen molar-refractivity contribution >= 4 is 18.4 Å². The molecule has 0 atom stereocenters. The standard InChI is InChI=1S/C9H19NO2.ClH/c1-3-12-9(11)7-5-4-6-8-10-2;/h10H,3-8H2,1-2H3;1H. The molecule has 0 aliphatic rings. The van der Waals surface area contributed by atoms with Crippen LogP contribution in [0.4, 0.5) is 0 Å². The predicted octanol–water partition coefficient (Wildman–Crippen LogP) is 1.75. The lowest BCUT2D eigenvalue weighted by Crippen LogP contribution is -2.08. The van der Waals surface area contributed by atoms with Gasteiger partial charge in [0.15, 0.2) is 0 Å². The number of nitrogens with one attached hydrogen (secondary N) is 1. The van der Waals surface area contributed by atoms with Gasteiger partial charge in [-0.3, -0.25) is 4.79 Å². The Morgan fingerprint density at radius 2 is 2.00 bits per heavy atom. The molecular weight excluding hydrogens is 190 g/mol. The maximum Gasteiger partial charge on any atom is 0.305 e. The average molecular weight is 210 g/mol. The second-order valence-corrected chi connectivity index (χ2v) is 2.72. The van der Waals surface area contributed by atoms with Crippen LogP contribution in [0.1, 0.15) is 32.6 Å². The van der Waals surface area contributed by atoms with Gasteiger partial charge < -0.3 is 10.1 Å². The molecule has 0 saturated carbocycles. The van der Waals surface area contributed by atoms with Crippen LogP contribution in [0, 0.1) is 0 Å². The van der Waals surface area contributed by atoms with Crippen molar-refractivity contribution in [3.63, 3.8) is 0 Å². The van der Waals surface area contributed by atoms with E-state index in [0.29, 0.717) is 13.0 Å². The molecule has 0 bridgehead atoms. The second kappa shape index (κ2) is 11.7. The highest BCUT2D eigenvalue weighted by Gasteiger charge is 1.99. The first kappa shape index (κ1) is 15.2. The Hall–Kier alpha value is -0.280. The first-order valence-corrected chi connectivity index (χ1v) is 4.61. The fourth-order valence-corrected chi connectivity index (χ4v) is 0.981. The minimum atomic E-state index is -0.0676. The van der Waals surface area contributed by atoms with E-state index in [4.69, 9.17) is 4.74 Å². The van der Waals surface area contributed by atoms with Crippen LogP contribution >= 0.6 is 12.4 Å². The van der Waals surface area contributed by atoms with Gasteiger partial charge in [-0.15, -0.1) is 12.4 Å². The molecule has 4 heteroatoms. The van der Waals surface area contributed by atoms with Crippen molar-refractivity contribution < 1.29 is 9.53 Å². The summed E-state index contributed by atoms with van der Waals surface area (Å²) in [5.74, 6) is -0.0676. The van der Waals surface area contributed by atoms with Crippen LogP contribution < -0.4 is 5.32 Å². The molecule has 13 heavy (non-hydrogen) atoms. The van der Waals surface area contributed by atoms with Crippen LogP contribution in [0.3, 0.4) is 0 Å². The minimum absolute atomic E-state index is 0. The van der Waals surface area contributed by atoms with Gasteiger partial charge in [0.1, 0.15) is 0 Å². The van der Waals surface area contributed by atoms with Crippen molar-refractivity contribution in [3.05, 3.63) is 0 Å². The molecule has 0 radical (unpaired) electrons. The summed E-state index contributed by atoms with van der Waals surface area (Å²) in [5, 5.41) is 3.06. The van der Waals surface area contributed by atoms with Gasteiger partial charge in [-0.2, -0.15) is 0 Å². The number of hydrogen-bond donors (Lipinski definition) is 1. The lowest BCUT2D eigenvalue weighted by atomic mass is 10.2. The largest absolute Gasteiger partial charge is 0.466 e. The van der Waals surface area contributed by atoms with E-state index in [0.717, 1.165) is 25.8 Å². The molecule has 1 N–H and O–H groups in total. The molecule has 0 fully saturated rings. The van der Waals surface area contributed by atoms with E-state index in [1.54, 1.807) is 0 Å². The molecule has 0 aliphatic heterocycles. The van der Waals surface area contributed by atoms with Gasteiger partial charge in [0.05, 0.1) is 6.61 Å². The van der Waals surface area contributed by atoms with E-state index < -0.39 is 0 Å². The molecule has 0 saturated heterocycles. The Labute approximate surface area is 86.6 Å². The number of carbonyl (C=O) groups excluding carboxylic acids is 1. The zero-order chi connectivity index (χ0) is 9.23. The van der Waals surface area contributed by atoms with Gasteiger partial charge in [0.2, 0.25) is 0 Å². The van der Waals surface area contributed by atoms with Crippen LogP contribution in [0.2, 0.25) is 0 Å². The first-order valence-electron chi connectivity index (χ1n) is 4.61. The number of hydrogen-bond acceptors (Lipinski definition) is 3. The molecule has 0 aromatic rings. The Bertz CT molecular complexity index is 120. The molecule has 0 heterocycles. The topological polar surface area (TPSA) is 38.3 Å². The smallest absolute Gasteiger partial charge is 0.305 e. The van der Waals surface area contributed by atoms with Crippen LogP contribution in [0.5, 0.6) is 0 Å². The van der Waals surface area contributed by atoms with Gasteiger partial charge >= 0.3 is 5.97 Å². The monoisotopic (exact) mass is 209 g/mol. The van der Waals surface area contributed by atoms with E-state index in [2.05, 4.69) is 5.32 Å². The summed E-state index contributed by atoms with van der Waals surface area (Å²) in [6.07, 6.45) is 3.74. The molecular formula is C9H20ClNO2. The first-order chi connectivity index (χ1) is 5.81. The third kappa shape index (κ3) is 11.7. The molecule has 0 aliphatic carbocycles. The number of carbonyl (C=O) groups is 1. The van der Waals surface area contributed by atoms with Crippen LogP contribution in [0.15, 0.2) is 0 Å². The number of halogens is 1. The molecule has 3 nitrogen and oxygen atoms in total. The van der Waals surface area contributed by atoms with Crippen molar-refractivity contribution in [3.8, 4) is 0 Å². The van der Waals surface area contributed by atoms with E-state index in [9.17, 15) is 4.79 Å². The molecule has 0 spiro atoms. The van der Waals surface area contributed by atoms with E-state index in [1.165, 1.54) is 0 Å². The van der Waals surface area contributed by atoms with Gasteiger partial charge in [-0.05, 0) is 33.4 Å². The van der Waals surface area contributed by atoms with Crippen molar-refractivity contribution in [2.24, 2.45) is 0 Å². The molecule has 0 amide bonds. The van der Waals surface area contributed by atoms with Gasteiger partial charge in [-0.25, -0.2) is 0 Å². The third-order valence-corrected chi connectivity index (χ3v) is 1.61. The normalized spacial score (nSPS) is 9.08. The predicted molar refractivity (Wildman–Crippen MR) is 56.3 cm³/mol. The minimum Gasteiger partial charge on any atom is -0.466 e. The lowest BCUT2D eigenvalue weighted by molar-refractivity contribution is -0.143. The lowest BCUT2D eigenvalue weighted by Gasteiger charge is -2.01. The Balaban J connectivity index is 0. The van der Waals surface area contributed by atoms with Crippen LogP contribution in [-0.2, 0) is 9.53 Å². The van der Waals surface area contributed by atoms with Gasteiger partial charge in [0, 0.05) is 6.42 Å². The maximum absolute atomic E-state index is 10.8. The SMILES string of the molecule is CCOC(=O)CCCCCNC.Cl. The fourth-order valence-electron chi connectivity index (χ4n) is 0.981. The van der Waals surface area contributed by atoms with Crippen LogP contribution in [0.25, 0.3) is 0 Å². The summed E-state index contributed by atoms with van der Waals surface area (Å²) in [6.45, 7) is 3.36. The second-order valence-electron chi connectivity index (χ2n) is 2.72. The number of rotatable bonds is 7. The summed E-state index contributed by atoms with van der Waals surface area (Å²) in [7, 11) is 1.94. The highest BCUT2D eigenvalue weighted by molar-refractivity contribution is 5.85. The van der Waals surface area contributed by atoms with E-state index in [1.807, 2.05) is 14.0 Å². The molecule has 0 aromatic heterocycles. The number of ether oxygens (including phenoxy) is 1. The Morgan fingerprint density at radius 1 is 1.31 bits per heavy atom. The Kier molecular flexibility index (Phi) is 13.7. The summed E-state index contributed by atoms with van der Waals surface area (Å²) in [6, 6.07) is 0. The van der Waals surface area contributed by atoms with E-state index >= 15 is 0 Å². The summed E-state index contributed by atoms with van der Waals surface area (Å²) >= 11 is 0. The summed E-state index contributed by atoms with van der Waals surface area (Å²) in [4.78, 5) is 10.8. The van der Waals surface area contributed by atoms with E-state index in [-0.39, 0.29) is 18.4 Å². The van der Waals surface area contributed by atoms with Gasteiger partial charge in [-0.1, -0.05) is 6.42 Å². The summed E-state index contributed by atoms with van der Waals surface area (Å²) < 4.78 is 4.79. The quantitative estimate of drug-likeness (QED) is 0.513. The summed E-state index contributed by atoms with van der Waals surface area (Å²) in [5.41, 5.74) is 0. The third-order valence-electron chi connectivity index (χ3n) is 1.61. The Morgan fingerprint density at radius 3 is 2.54 bits per heavy atom. The fraction of sp³-hybridized carbons (Fsp3) is 0.889. The van der Waals surface area contributed by atoms with Crippen molar-refractivity contribution in [1.82, 2.24) is 5.32 Å².